The zero-order valence-corrected chi connectivity index (χ0v) is 17.1. The lowest BCUT2D eigenvalue weighted by atomic mass is 10.1. The number of nitriles is 1. The third-order valence-corrected chi connectivity index (χ3v) is 4.94. The maximum atomic E-state index is 9.96. The number of hydrogen-bond acceptors (Lipinski definition) is 2. The summed E-state index contributed by atoms with van der Waals surface area (Å²) in [4.78, 5) is 2.95. The van der Waals surface area contributed by atoms with E-state index in [2.05, 4.69) is 34.8 Å². The van der Waals surface area contributed by atoms with Gasteiger partial charge in [-0.15, -0.1) is 0 Å². The summed E-state index contributed by atoms with van der Waals surface area (Å²) in [6.45, 7) is 5.64. The van der Waals surface area contributed by atoms with E-state index in [0.29, 0.717) is 5.56 Å². The highest BCUT2D eigenvalue weighted by Gasteiger charge is 2.19. The Labute approximate surface area is 171 Å². The molecule has 1 heterocycles. The number of benzene rings is 2. The lowest BCUT2D eigenvalue weighted by Crippen LogP contribution is -2.74. The van der Waals surface area contributed by atoms with E-state index in [0.717, 1.165) is 59.5 Å². The van der Waals surface area contributed by atoms with E-state index < -0.39 is 0 Å². The molecule has 150 valence electrons. The van der Waals surface area contributed by atoms with Gasteiger partial charge in [-0.3, -0.25) is 0 Å². The summed E-state index contributed by atoms with van der Waals surface area (Å²) in [5, 5.41) is 23.7. The van der Waals surface area contributed by atoms with Crippen LogP contribution in [0, 0.1) is 11.3 Å². The first-order valence-electron chi connectivity index (χ1n) is 9.90. The van der Waals surface area contributed by atoms with Crippen molar-refractivity contribution in [2.24, 2.45) is 0 Å². The largest absolute Gasteiger partial charge is 0.497 e. The molecule has 0 aliphatic rings. The first-order chi connectivity index (χ1) is 14.1. The van der Waals surface area contributed by atoms with Crippen LogP contribution in [0.2, 0.25) is 0 Å². The molecule has 0 amide bonds. The Kier molecular flexibility index (Phi) is 6.40. The normalized spacial score (nSPS) is 11.4. The smallest absolute Gasteiger partial charge is 0.444 e. The highest BCUT2D eigenvalue weighted by Crippen LogP contribution is 2.35. The van der Waals surface area contributed by atoms with Crippen LogP contribution in [0.25, 0.3) is 22.2 Å². The molecule has 0 atom stereocenters. The van der Waals surface area contributed by atoms with E-state index in [-0.39, 0.29) is 6.02 Å². The number of fused-ring (bicyclic) bond motifs is 1. The van der Waals surface area contributed by atoms with Crippen LogP contribution in [0.5, 0.6) is 5.75 Å². The zero-order chi connectivity index (χ0) is 20.8. The summed E-state index contributed by atoms with van der Waals surface area (Å²) in [5.74, 6) is 0.731. The molecule has 1 aromatic heterocycles. The highest BCUT2D eigenvalue weighted by molar-refractivity contribution is 5.95. The van der Waals surface area contributed by atoms with E-state index in [9.17, 15) is 10.4 Å². The summed E-state index contributed by atoms with van der Waals surface area (Å²) >= 11 is 0. The molecule has 2 aromatic carbocycles. The van der Waals surface area contributed by atoms with Crippen LogP contribution < -0.4 is 15.0 Å². The van der Waals surface area contributed by atoms with Gasteiger partial charge < -0.3 is 14.4 Å². The lowest BCUT2D eigenvalue weighted by molar-refractivity contribution is -0.466. The summed E-state index contributed by atoms with van der Waals surface area (Å²) in [6, 6.07) is 15.9. The molecule has 0 spiro atoms. The lowest BCUT2D eigenvalue weighted by Gasteiger charge is -2.09. The monoisotopic (exact) mass is 391 g/mol. The number of unbranched alkanes of at least 4 members (excludes halogenated alkanes) is 1. The van der Waals surface area contributed by atoms with Crippen molar-refractivity contribution in [1.82, 2.24) is 4.57 Å². The van der Waals surface area contributed by atoms with Gasteiger partial charge in [0.05, 0.1) is 30.4 Å². The van der Waals surface area contributed by atoms with Gasteiger partial charge in [0, 0.05) is 11.9 Å². The van der Waals surface area contributed by atoms with E-state index in [1.165, 1.54) is 0 Å². The number of aromatic nitrogens is 1. The van der Waals surface area contributed by atoms with Gasteiger partial charge in [0.1, 0.15) is 17.5 Å². The molecular formula is C23H27N4O2+. The Balaban J connectivity index is 1.98. The number of ether oxygens (including phenoxy) is 1. The van der Waals surface area contributed by atoms with E-state index in [1.54, 1.807) is 7.11 Å². The zero-order valence-electron chi connectivity index (χ0n) is 17.1. The molecule has 3 aromatic rings. The van der Waals surface area contributed by atoms with Gasteiger partial charge in [-0.1, -0.05) is 13.3 Å². The number of aliphatic hydroxyl groups excluding tert-OH is 1. The van der Waals surface area contributed by atoms with Gasteiger partial charge in [-0.2, -0.15) is 5.26 Å². The van der Waals surface area contributed by atoms with Crippen molar-refractivity contribution in [3.63, 3.8) is 0 Å². The molecule has 29 heavy (non-hydrogen) atoms. The number of nitrogens with zero attached hydrogens (tertiary/aromatic N) is 2. The molecule has 0 saturated heterocycles. The summed E-state index contributed by atoms with van der Waals surface area (Å²) in [5.41, 5.74) is 4.25. The van der Waals surface area contributed by atoms with Crippen molar-refractivity contribution in [2.45, 2.75) is 33.2 Å². The fourth-order valence-electron chi connectivity index (χ4n) is 3.48. The molecule has 0 saturated carbocycles. The van der Waals surface area contributed by atoms with E-state index >= 15 is 0 Å². The predicted octanol–water partition coefficient (Wildman–Crippen LogP) is 3.42. The van der Waals surface area contributed by atoms with Crippen LogP contribution in [0.15, 0.2) is 42.5 Å². The average Bonchev–Trinajstić information content (AvgIpc) is 3.07. The molecule has 0 fully saturated rings. The molecule has 0 aliphatic carbocycles. The fraction of sp³-hybridized carbons (Fsp3) is 0.304. The summed E-state index contributed by atoms with van der Waals surface area (Å²) in [6.07, 6.45) is 2.06. The SMILES string of the molecule is CCCC[NH+]=C(O)Nc1ccc(-c2c(C#N)c3cc(OC)ccc3n2CC)cc1. The van der Waals surface area contributed by atoms with Gasteiger partial charge in [-0.05, 0) is 61.4 Å². The van der Waals surface area contributed by atoms with Gasteiger partial charge in [-0.25, -0.2) is 10.3 Å². The summed E-state index contributed by atoms with van der Waals surface area (Å²) < 4.78 is 7.48. The van der Waals surface area contributed by atoms with Crippen molar-refractivity contribution in [3.8, 4) is 23.1 Å². The number of anilines is 1. The van der Waals surface area contributed by atoms with Gasteiger partial charge in [0.25, 0.3) is 0 Å². The van der Waals surface area contributed by atoms with Gasteiger partial charge >= 0.3 is 6.02 Å². The maximum absolute atomic E-state index is 9.96. The number of nitrogens with one attached hydrogen (secondary N) is 2. The predicted molar refractivity (Wildman–Crippen MR) is 116 cm³/mol. The van der Waals surface area contributed by atoms with Crippen molar-refractivity contribution in [1.29, 1.82) is 5.26 Å². The topological polar surface area (TPSA) is 84.2 Å². The quantitative estimate of drug-likeness (QED) is 0.327. The van der Waals surface area contributed by atoms with Crippen molar-refractivity contribution in [3.05, 3.63) is 48.0 Å². The highest BCUT2D eigenvalue weighted by atomic mass is 16.5. The van der Waals surface area contributed by atoms with Crippen LogP contribution in [0.4, 0.5) is 5.69 Å². The molecular weight excluding hydrogens is 364 g/mol. The van der Waals surface area contributed by atoms with Crippen molar-refractivity contribution >= 4 is 22.6 Å². The van der Waals surface area contributed by atoms with Crippen LogP contribution in [0.1, 0.15) is 32.3 Å². The van der Waals surface area contributed by atoms with Crippen LogP contribution in [-0.2, 0) is 6.54 Å². The molecule has 0 bridgehead atoms. The Hall–Kier alpha value is -3.46. The second kappa shape index (κ2) is 9.16. The minimum atomic E-state index is 0.0404. The minimum Gasteiger partial charge on any atom is -0.497 e. The Morgan fingerprint density at radius 2 is 1.97 bits per heavy atom. The van der Waals surface area contributed by atoms with Crippen LogP contribution in [0.3, 0.4) is 0 Å². The number of aliphatic hydroxyl groups is 1. The third-order valence-electron chi connectivity index (χ3n) is 4.94. The number of methoxy groups -OCH3 is 1. The molecule has 3 N–H and O–H groups in total. The Bertz CT molecular complexity index is 1060. The molecule has 6 nitrogen and oxygen atoms in total. The Morgan fingerprint density at radius 1 is 1.21 bits per heavy atom. The average molecular weight is 391 g/mol. The second-order valence-corrected chi connectivity index (χ2v) is 6.79. The van der Waals surface area contributed by atoms with Gasteiger partial charge in [0.15, 0.2) is 0 Å². The van der Waals surface area contributed by atoms with E-state index in [4.69, 9.17) is 4.74 Å². The molecule has 0 unspecified atom stereocenters. The maximum Gasteiger partial charge on any atom is 0.444 e. The van der Waals surface area contributed by atoms with Crippen LogP contribution >= 0.6 is 0 Å². The van der Waals surface area contributed by atoms with Gasteiger partial charge in [0.2, 0.25) is 0 Å². The minimum absolute atomic E-state index is 0.0404. The first-order valence-corrected chi connectivity index (χ1v) is 9.90. The number of aryl methyl sites for hydroxylation is 1. The van der Waals surface area contributed by atoms with Crippen LogP contribution in [-0.4, -0.2) is 29.3 Å². The summed E-state index contributed by atoms with van der Waals surface area (Å²) in [7, 11) is 1.63. The number of hydrogen-bond donors (Lipinski definition) is 3. The van der Waals surface area contributed by atoms with Crippen molar-refractivity contribution in [2.75, 3.05) is 19.0 Å². The second-order valence-electron chi connectivity index (χ2n) is 6.79. The number of amidine groups is 1. The fourth-order valence-corrected chi connectivity index (χ4v) is 3.48. The first kappa shape index (κ1) is 20.3. The molecule has 6 heteroatoms. The third kappa shape index (κ3) is 4.19. The molecule has 3 rings (SSSR count). The van der Waals surface area contributed by atoms with Crippen molar-refractivity contribution < 1.29 is 14.8 Å². The van der Waals surface area contributed by atoms with E-state index in [1.807, 2.05) is 42.5 Å². The Morgan fingerprint density at radius 3 is 2.59 bits per heavy atom. The standard InChI is InChI=1S/C23H26N4O2/c1-4-6-13-25-23(28)26-17-9-7-16(8-10-17)22-20(15-24)19-14-18(29-3)11-12-21(19)27(22)5-2/h7-12,14H,4-6,13H2,1-3H3,(H2,25,26,28)/p+1. The number of rotatable bonds is 7. The molecule has 0 radical (unpaired) electrons. The molecule has 0 aliphatic heterocycles.